The van der Waals surface area contributed by atoms with E-state index in [-0.39, 0.29) is 35.6 Å². The van der Waals surface area contributed by atoms with Gasteiger partial charge in [0.2, 0.25) is 5.91 Å². The highest BCUT2D eigenvalue weighted by Crippen LogP contribution is 2.36. The Morgan fingerprint density at radius 3 is 2.29 bits per heavy atom. The maximum Gasteiger partial charge on any atom is 0.251 e. The van der Waals surface area contributed by atoms with Crippen LogP contribution in [-0.2, 0) is 14.6 Å². The van der Waals surface area contributed by atoms with Gasteiger partial charge in [-0.25, -0.2) is 8.42 Å². The monoisotopic (exact) mass is 587 g/mol. The first-order valence-electron chi connectivity index (χ1n) is 14.9. The first-order chi connectivity index (χ1) is 20.1. The minimum absolute atomic E-state index is 0.00278. The molecule has 1 aliphatic heterocycles. The Labute approximate surface area is 249 Å². The summed E-state index contributed by atoms with van der Waals surface area (Å²) in [6.07, 6.45) is 2.85. The number of benzene rings is 3. The Balaban J connectivity index is 1.31. The number of amides is 2. The summed E-state index contributed by atoms with van der Waals surface area (Å²) in [4.78, 5) is 31.4. The summed E-state index contributed by atoms with van der Waals surface area (Å²) in [5.41, 5.74) is 2.46. The van der Waals surface area contributed by atoms with E-state index in [9.17, 15) is 18.0 Å². The summed E-state index contributed by atoms with van der Waals surface area (Å²) in [6, 6.07) is 25.7. The second kappa shape index (κ2) is 12.8. The van der Waals surface area contributed by atoms with Crippen LogP contribution in [0, 0.1) is 5.92 Å². The maximum absolute atomic E-state index is 13.7. The first kappa shape index (κ1) is 30.0. The van der Waals surface area contributed by atoms with Crippen molar-refractivity contribution in [3.05, 3.63) is 90.5 Å². The van der Waals surface area contributed by atoms with Crippen molar-refractivity contribution in [1.29, 1.82) is 0 Å². The standard InChI is InChI=1S/C34H41N3O4S/c1-24(2)36(3)29-17-18-32(28(22-29)23-42(40,41)30-15-8-5-9-16-30)37-20-19-31(34(37)39)35-33(38)27-14-10-13-26(21-27)25-11-6-4-7-12-25/h4-16,21,24,28-29,31-32H,17-20,22-23H2,1-3H3,(H,35,38)/t28-,29+,31-,32-/m0/s1. The van der Waals surface area contributed by atoms with Gasteiger partial charge in [-0.15, -0.1) is 0 Å². The zero-order valence-corrected chi connectivity index (χ0v) is 25.5. The van der Waals surface area contributed by atoms with Crippen LogP contribution in [0.5, 0.6) is 0 Å². The van der Waals surface area contributed by atoms with E-state index >= 15 is 0 Å². The van der Waals surface area contributed by atoms with Crippen molar-refractivity contribution < 1.29 is 18.0 Å². The van der Waals surface area contributed by atoms with Crippen molar-refractivity contribution in [3.8, 4) is 11.1 Å². The van der Waals surface area contributed by atoms with Crippen LogP contribution in [0.15, 0.2) is 89.8 Å². The number of nitrogens with zero attached hydrogens (tertiary/aromatic N) is 2. The van der Waals surface area contributed by atoms with Gasteiger partial charge in [-0.05, 0) is 87.9 Å². The van der Waals surface area contributed by atoms with Gasteiger partial charge in [0.1, 0.15) is 6.04 Å². The van der Waals surface area contributed by atoms with Gasteiger partial charge in [0, 0.05) is 30.2 Å². The highest BCUT2D eigenvalue weighted by Gasteiger charge is 2.44. The van der Waals surface area contributed by atoms with E-state index in [1.807, 2.05) is 59.5 Å². The van der Waals surface area contributed by atoms with Crippen LogP contribution in [0.25, 0.3) is 11.1 Å². The van der Waals surface area contributed by atoms with Crippen LogP contribution in [0.2, 0.25) is 0 Å². The minimum Gasteiger partial charge on any atom is -0.340 e. The number of nitrogens with one attached hydrogen (secondary N) is 1. The number of sulfone groups is 1. The van der Waals surface area contributed by atoms with E-state index in [4.69, 9.17) is 0 Å². The van der Waals surface area contributed by atoms with Crippen LogP contribution in [0.4, 0.5) is 0 Å². The Kier molecular flexibility index (Phi) is 9.13. The zero-order valence-electron chi connectivity index (χ0n) is 24.6. The topological polar surface area (TPSA) is 86.8 Å². The number of rotatable bonds is 9. The van der Waals surface area contributed by atoms with Gasteiger partial charge in [-0.1, -0.05) is 60.7 Å². The molecule has 4 atom stereocenters. The van der Waals surface area contributed by atoms with Crippen molar-refractivity contribution in [2.24, 2.45) is 5.92 Å². The second-order valence-corrected chi connectivity index (χ2v) is 14.0. The highest BCUT2D eigenvalue weighted by molar-refractivity contribution is 7.91. The van der Waals surface area contributed by atoms with Gasteiger partial charge >= 0.3 is 0 Å². The Morgan fingerprint density at radius 2 is 1.60 bits per heavy atom. The molecule has 5 rings (SSSR count). The summed E-state index contributed by atoms with van der Waals surface area (Å²) in [7, 11) is -1.44. The Morgan fingerprint density at radius 1 is 0.929 bits per heavy atom. The molecule has 2 aliphatic rings. The van der Waals surface area contributed by atoms with Crippen molar-refractivity contribution in [1.82, 2.24) is 15.1 Å². The van der Waals surface area contributed by atoms with Gasteiger partial charge in [0.05, 0.1) is 10.6 Å². The lowest BCUT2D eigenvalue weighted by atomic mass is 9.81. The van der Waals surface area contributed by atoms with Crippen LogP contribution in [0.3, 0.4) is 0 Å². The van der Waals surface area contributed by atoms with E-state index in [1.165, 1.54) is 0 Å². The summed E-state index contributed by atoms with van der Waals surface area (Å²) >= 11 is 0. The predicted molar refractivity (Wildman–Crippen MR) is 166 cm³/mol. The molecular formula is C34H41N3O4S. The van der Waals surface area contributed by atoms with Gasteiger partial charge < -0.3 is 15.1 Å². The zero-order chi connectivity index (χ0) is 29.9. The fourth-order valence-electron chi connectivity index (χ4n) is 6.49. The molecule has 0 unspecified atom stereocenters. The van der Waals surface area contributed by atoms with Gasteiger partial charge in [0.25, 0.3) is 5.91 Å². The molecule has 8 heteroatoms. The molecule has 3 aromatic rings. The summed E-state index contributed by atoms with van der Waals surface area (Å²) in [6.45, 7) is 4.80. The molecule has 1 aliphatic carbocycles. The fraction of sp³-hybridized carbons (Fsp3) is 0.412. The molecule has 222 valence electrons. The highest BCUT2D eigenvalue weighted by atomic mass is 32.2. The third-order valence-corrected chi connectivity index (χ3v) is 10.9. The molecule has 0 spiro atoms. The summed E-state index contributed by atoms with van der Waals surface area (Å²) in [5.74, 6) is -0.600. The molecule has 42 heavy (non-hydrogen) atoms. The van der Waals surface area contributed by atoms with E-state index in [0.717, 1.165) is 24.0 Å². The van der Waals surface area contributed by atoms with Gasteiger partial charge in [-0.2, -0.15) is 0 Å². The first-order valence-corrected chi connectivity index (χ1v) is 16.6. The molecule has 0 bridgehead atoms. The Bertz CT molecular complexity index is 1490. The van der Waals surface area contributed by atoms with Crippen molar-refractivity contribution >= 4 is 21.7 Å². The lowest BCUT2D eigenvalue weighted by Gasteiger charge is -2.44. The molecule has 1 N–H and O–H groups in total. The molecule has 0 radical (unpaired) electrons. The van der Waals surface area contributed by atoms with Crippen LogP contribution < -0.4 is 5.32 Å². The van der Waals surface area contributed by atoms with Crippen LogP contribution in [-0.4, -0.2) is 73.5 Å². The quantitative estimate of drug-likeness (QED) is 0.379. The largest absolute Gasteiger partial charge is 0.340 e. The molecule has 2 fully saturated rings. The molecule has 0 aromatic heterocycles. The molecule has 1 saturated heterocycles. The fourth-order valence-corrected chi connectivity index (χ4v) is 8.17. The third kappa shape index (κ3) is 6.60. The molecule has 1 saturated carbocycles. The summed E-state index contributed by atoms with van der Waals surface area (Å²) < 4.78 is 27.0. The SMILES string of the molecule is CC(C)N(C)[C@@H]1CC[C@H](N2CC[C@H](NC(=O)c3cccc(-c4ccccc4)c3)C2=O)[C@H](CS(=O)(=O)c2ccccc2)C1. The second-order valence-electron chi connectivity index (χ2n) is 11.9. The average molecular weight is 588 g/mol. The van der Waals surface area contributed by atoms with Crippen molar-refractivity contribution in [2.75, 3.05) is 19.3 Å². The Hall–Kier alpha value is -3.49. The van der Waals surface area contributed by atoms with E-state index in [2.05, 4.69) is 31.1 Å². The van der Waals surface area contributed by atoms with Gasteiger partial charge in [0.15, 0.2) is 9.84 Å². The number of carbonyl (C=O) groups is 2. The third-order valence-electron chi connectivity index (χ3n) is 9.02. The number of carbonyl (C=O) groups excluding carboxylic acids is 2. The van der Waals surface area contributed by atoms with Crippen LogP contribution in [0.1, 0.15) is 49.9 Å². The number of hydrogen-bond donors (Lipinski definition) is 1. The molecular weight excluding hydrogens is 546 g/mol. The van der Waals surface area contributed by atoms with E-state index < -0.39 is 15.9 Å². The normalized spacial score (nSPS) is 23.0. The lowest BCUT2D eigenvalue weighted by Crippen LogP contribution is -2.53. The average Bonchev–Trinajstić information content (AvgIpc) is 3.36. The lowest BCUT2D eigenvalue weighted by molar-refractivity contribution is -0.133. The maximum atomic E-state index is 13.7. The van der Waals surface area contributed by atoms with Crippen LogP contribution >= 0.6 is 0 Å². The molecule has 1 heterocycles. The van der Waals surface area contributed by atoms with Gasteiger partial charge in [-0.3, -0.25) is 9.59 Å². The summed E-state index contributed by atoms with van der Waals surface area (Å²) in [5, 5.41) is 2.97. The number of hydrogen-bond acceptors (Lipinski definition) is 5. The number of likely N-dealkylation sites (tertiary alicyclic amines) is 1. The molecule has 2 amide bonds. The minimum atomic E-state index is -3.53. The van der Waals surface area contributed by atoms with Crippen molar-refractivity contribution in [3.63, 3.8) is 0 Å². The smallest absolute Gasteiger partial charge is 0.251 e. The molecule has 3 aromatic carbocycles. The van der Waals surface area contributed by atoms with Crippen molar-refractivity contribution in [2.45, 2.75) is 68.6 Å². The molecule has 7 nitrogen and oxygen atoms in total. The predicted octanol–water partition coefficient (Wildman–Crippen LogP) is 5.04. The van der Waals surface area contributed by atoms with E-state index in [1.54, 1.807) is 30.3 Å². The van der Waals surface area contributed by atoms with E-state index in [0.29, 0.717) is 35.9 Å².